The highest BCUT2D eigenvalue weighted by molar-refractivity contribution is 7.99. The van der Waals surface area contributed by atoms with Gasteiger partial charge < -0.3 is 0 Å². The Labute approximate surface area is 188 Å². The number of anilines is 1. The van der Waals surface area contributed by atoms with Crippen molar-refractivity contribution in [1.82, 2.24) is 9.97 Å². The fraction of sp³-hybridized carbons (Fsp3) is 0.0870. The Kier molecular flexibility index (Phi) is 6.18. The predicted molar refractivity (Wildman–Crippen MR) is 125 cm³/mol. The molecule has 0 aliphatic carbocycles. The predicted octanol–water partition coefficient (Wildman–Crippen LogP) is 6.88. The van der Waals surface area contributed by atoms with Gasteiger partial charge in [-0.1, -0.05) is 35.5 Å². The van der Waals surface area contributed by atoms with Gasteiger partial charge in [-0.15, -0.1) is 11.3 Å². The standard InChI is InChI=1S/C23H18ClN3OS2/c1-14-11-17(30-20-6-4-3-5-18(20)24)12-15(2)21(14)19-13-29-23(26-19)27-22(28)16-7-9-25-10-8-16/h3-13H,1-2H3,(H,26,27,28). The Hall–Kier alpha value is -2.67. The first-order valence-corrected chi connectivity index (χ1v) is 11.3. The third-order valence-electron chi connectivity index (χ3n) is 4.49. The molecule has 0 saturated heterocycles. The van der Waals surface area contributed by atoms with Crippen molar-refractivity contribution in [1.29, 1.82) is 0 Å². The van der Waals surface area contributed by atoms with Crippen LogP contribution < -0.4 is 5.32 Å². The molecule has 2 heterocycles. The maximum Gasteiger partial charge on any atom is 0.257 e. The molecule has 4 aromatic rings. The Balaban J connectivity index is 1.56. The molecule has 0 bridgehead atoms. The second kappa shape index (κ2) is 9.00. The maximum atomic E-state index is 12.4. The van der Waals surface area contributed by atoms with E-state index in [1.165, 1.54) is 11.3 Å². The minimum Gasteiger partial charge on any atom is -0.298 e. The Morgan fingerprint density at radius 1 is 1.07 bits per heavy atom. The Morgan fingerprint density at radius 3 is 2.47 bits per heavy atom. The molecule has 0 spiro atoms. The van der Waals surface area contributed by atoms with Crippen LogP contribution in [0.1, 0.15) is 21.5 Å². The topological polar surface area (TPSA) is 54.9 Å². The molecule has 150 valence electrons. The molecule has 0 saturated carbocycles. The lowest BCUT2D eigenvalue weighted by Gasteiger charge is -2.11. The van der Waals surface area contributed by atoms with E-state index in [0.717, 1.165) is 37.2 Å². The molecule has 1 N–H and O–H groups in total. The highest BCUT2D eigenvalue weighted by Crippen LogP contribution is 2.37. The number of halogens is 1. The molecule has 0 radical (unpaired) electrons. The molecule has 7 heteroatoms. The lowest BCUT2D eigenvalue weighted by Crippen LogP contribution is -2.11. The first-order valence-electron chi connectivity index (χ1n) is 9.22. The largest absolute Gasteiger partial charge is 0.298 e. The van der Waals surface area contributed by atoms with Crippen molar-refractivity contribution in [3.05, 3.63) is 88.0 Å². The smallest absolute Gasteiger partial charge is 0.257 e. The van der Waals surface area contributed by atoms with Crippen LogP contribution in [0.25, 0.3) is 11.3 Å². The molecule has 2 aromatic heterocycles. The number of carbonyl (C=O) groups is 1. The summed E-state index contributed by atoms with van der Waals surface area (Å²) in [5.41, 5.74) is 4.74. The number of hydrogen-bond acceptors (Lipinski definition) is 5. The van der Waals surface area contributed by atoms with Gasteiger partial charge in [-0.3, -0.25) is 15.1 Å². The number of hydrogen-bond donors (Lipinski definition) is 1. The molecule has 4 nitrogen and oxygen atoms in total. The first kappa shape index (κ1) is 20.6. The molecular formula is C23H18ClN3OS2. The van der Waals surface area contributed by atoms with Gasteiger partial charge in [-0.25, -0.2) is 4.98 Å². The third kappa shape index (κ3) is 4.56. The van der Waals surface area contributed by atoms with E-state index in [0.29, 0.717) is 10.7 Å². The number of aryl methyl sites for hydroxylation is 2. The lowest BCUT2D eigenvalue weighted by molar-refractivity contribution is 0.102. The molecule has 0 aliphatic heterocycles. The van der Waals surface area contributed by atoms with E-state index in [-0.39, 0.29) is 5.91 Å². The van der Waals surface area contributed by atoms with Crippen molar-refractivity contribution < 1.29 is 4.79 Å². The highest BCUT2D eigenvalue weighted by Gasteiger charge is 2.14. The van der Waals surface area contributed by atoms with Gasteiger partial charge >= 0.3 is 0 Å². The summed E-state index contributed by atoms with van der Waals surface area (Å²) < 4.78 is 0. The van der Waals surface area contributed by atoms with Crippen LogP contribution in [0.5, 0.6) is 0 Å². The number of nitrogens with zero attached hydrogens (tertiary/aromatic N) is 2. The van der Waals surface area contributed by atoms with E-state index in [9.17, 15) is 4.79 Å². The third-order valence-corrected chi connectivity index (χ3v) is 6.74. The summed E-state index contributed by atoms with van der Waals surface area (Å²) in [6.45, 7) is 4.15. The summed E-state index contributed by atoms with van der Waals surface area (Å²) >= 11 is 9.36. The van der Waals surface area contributed by atoms with Crippen molar-refractivity contribution in [2.75, 3.05) is 5.32 Å². The van der Waals surface area contributed by atoms with Gasteiger partial charge in [0.2, 0.25) is 0 Å². The summed E-state index contributed by atoms with van der Waals surface area (Å²) in [6.07, 6.45) is 3.19. The van der Waals surface area contributed by atoms with Crippen LogP contribution in [0.3, 0.4) is 0 Å². The minimum atomic E-state index is -0.196. The Bertz CT molecular complexity index is 1190. The Morgan fingerprint density at radius 2 is 1.77 bits per heavy atom. The van der Waals surface area contributed by atoms with Gasteiger partial charge in [0, 0.05) is 38.7 Å². The highest BCUT2D eigenvalue weighted by atomic mass is 35.5. The van der Waals surface area contributed by atoms with Crippen molar-refractivity contribution in [3.63, 3.8) is 0 Å². The number of pyridine rings is 1. The van der Waals surface area contributed by atoms with Gasteiger partial charge in [0.15, 0.2) is 5.13 Å². The second-order valence-electron chi connectivity index (χ2n) is 6.69. The monoisotopic (exact) mass is 451 g/mol. The van der Waals surface area contributed by atoms with Gasteiger partial charge in [0.25, 0.3) is 5.91 Å². The molecule has 1 amide bonds. The zero-order chi connectivity index (χ0) is 21.1. The number of rotatable bonds is 5. The average Bonchev–Trinajstić information content (AvgIpc) is 3.18. The second-order valence-corrected chi connectivity index (χ2v) is 9.07. The van der Waals surface area contributed by atoms with Gasteiger partial charge in [-0.2, -0.15) is 0 Å². The number of nitrogens with one attached hydrogen (secondary N) is 1. The summed E-state index contributed by atoms with van der Waals surface area (Å²) in [6, 6.07) is 15.5. The van der Waals surface area contributed by atoms with E-state index in [4.69, 9.17) is 11.6 Å². The van der Waals surface area contributed by atoms with Crippen LogP contribution >= 0.6 is 34.7 Å². The van der Waals surface area contributed by atoms with E-state index in [1.807, 2.05) is 29.6 Å². The molecular weight excluding hydrogens is 434 g/mol. The van der Waals surface area contributed by atoms with Crippen molar-refractivity contribution >= 4 is 45.7 Å². The zero-order valence-electron chi connectivity index (χ0n) is 16.3. The molecule has 0 atom stereocenters. The van der Waals surface area contributed by atoms with Gasteiger partial charge in [-0.05, 0) is 61.4 Å². The van der Waals surface area contributed by atoms with E-state index in [2.05, 4.69) is 41.3 Å². The van der Waals surface area contributed by atoms with Crippen molar-refractivity contribution in [3.8, 4) is 11.3 Å². The summed E-state index contributed by atoms with van der Waals surface area (Å²) in [5.74, 6) is -0.196. The molecule has 0 aliphatic rings. The molecule has 4 rings (SSSR count). The molecule has 2 aromatic carbocycles. The zero-order valence-corrected chi connectivity index (χ0v) is 18.7. The number of thiazole rings is 1. The quantitative estimate of drug-likeness (QED) is 0.359. The maximum absolute atomic E-state index is 12.4. The number of amides is 1. The first-order chi connectivity index (χ1) is 14.5. The van der Waals surface area contributed by atoms with Crippen LogP contribution in [0.2, 0.25) is 5.02 Å². The number of benzene rings is 2. The lowest BCUT2D eigenvalue weighted by atomic mass is 10.0. The van der Waals surface area contributed by atoms with Crippen LogP contribution in [0.4, 0.5) is 5.13 Å². The van der Waals surface area contributed by atoms with E-state index < -0.39 is 0 Å². The van der Waals surface area contributed by atoms with Crippen LogP contribution in [-0.4, -0.2) is 15.9 Å². The van der Waals surface area contributed by atoms with Crippen LogP contribution in [0, 0.1) is 13.8 Å². The molecule has 0 fully saturated rings. The van der Waals surface area contributed by atoms with Crippen LogP contribution in [-0.2, 0) is 0 Å². The number of aromatic nitrogens is 2. The SMILES string of the molecule is Cc1cc(Sc2ccccc2Cl)cc(C)c1-c1csc(NC(=O)c2ccncc2)n1. The summed E-state index contributed by atoms with van der Waals surface area (Å²) in [5, 5.41) is 6.15. The molecule has 0 unspecified atom stereocenters. The van der Waals surface area contributed by atoms with Gasteiger partial charge in [0.1, 0.15) is 0 Å². The number of carbonyl (C=O) groups excluding carboxylic acids is 1. The minimum absolute atomic E-state index is 0.196. The normalized spacial score (nSPS) is 10.8. The molecule has 30 heavy (non-hydrogen) atoms. The fourth-order valence-corrected chi connectivity index (χ4v) is 5.15. The fourth-order valence-electron chi connectivity index (χ4n) is 3.16. The van der Waals surface area contributed by atoms with Crippen molar-refractivity contribution in [2.45, 2.75) is 23.6 Å². The summed E-state index contributed by atoms with van der Waals surface area (Å²) in [4.78, 5) is 23.1. The summed E-state index contributed by atoms with van der Waals surface area (Å²) in [7, 11) is 0. The van der Waals surface area contributed by atoms with Crippen molar-refractivity contribution in [2.24, 2.45) is 0 Å². The van der Waals surface area contributed by atoms with E-state index in [1.54, 1.807) is 36.3 Å². The van der Waals surface area contributed by atoms with Crippen LogP contribution in [0.15, 0.2) is 76.1 Å². The average molecular weight is 452 g/mol. The van der Waals surface area contributed by atoms with E-state index >= 15 is 0 Å². The van der Waals surface area contributed by atoms with Gasteiger partial charge in [0.05, 0.1) is 10.7 Å².